The Bertz CT molecular complexity index is 1130. The third-order valence-corrected chi connectivity index (χ3v) is 5.71. The van der Waals surface area contributed by atoms with Crippen LogP contribution in [0.2, 0.25) is 0 Å². The SMILES string of the molecule is CCc1cccc(NC(=O)c2cccc(S(=O)(=O)Nc3ccccc3OC)c2)c1. The molecule has 0 aliphatic carbocycles. The number of sulfonamides is 1. The fraction of sp³-hybridized carbons (Fsp3) is 0.136. The molecular formula is C22H22N2O4S. The molecule has 150 valence electrons. The van der Waals surface area contributed by atoms with E-state index in [4.69, 9.17) is 4.74 Å². The number of ether oxygens (including phenoxy) is 1. The molecule has 0 radical (unpaired) electrons. The summed E-state index contributed by atoms with van der Waals surface area (Å²) in [5, 5.41) is 2.81. The first-order valence-corrected chi connectivity index (χ1v) is 10.6. The van der Waals surface area contributed by atoms with Gasteiger partial charge in [-0.3, -0.25) is 9.52 Å². The van der Waals surface area contributed by atoms with Gasteiger partial charge in [-0.25, -0.2) is 8.42 Å². The van der Waals surface area contributed by atoms with Gasteiger partial charge in [0.05, 0.1) is 17.7 Å². The molecule has 0 aliphatic rings. The Labute approximate surface area is 170 Å². The van der Waals surface area contributed by atoms with Gasteiger partial charge in [0.15, 0.2) is 0 Å². The zero-order valence-corrected chi connectivity index (χ0v) is 17.0. The van der Waals surface area contributed by atoms with Crippen molar-refractivity contribution in [2.45, 2.75) is 18.2 Å². The number of para-hydroxylation sites is 2. The largest absolute Gasteiger partial charge is 0.495 e. The predicted molar refractivity (Wildman–Crippen MR) is 114 cm³/mol. The Hall–Kier alpha value is -3.32. The van der Waals surface area contributed by atoms with E-state index in [0.29, 0.717) is 17.1 Å². The molecule has 3 aromatic carbocycles. The molecule has 3 aromatic rings. The van der Waals surface area contributed by atoms with Crippen LogP contribution in [0.15, 0.2) is 77.7 Å². The maximum absolute atomic E-state index is 12.8. The van der Waals surface area contributed by atoms with E-state index >= 15 is 0 Å². The molecule has 7 heteroatoms. The minimum absolute atomic E-state index is 0.0154. The fourth-order valence-electron chi connectivity index (χ4n) is 2.81. The second kappa shape index (κ2) is 8.79. The smallest absolute Gasteiger partial charge is 0.262 e. The molecule has 0 spiro atoms. The minimum atomic E-state index is -3.90. The maximum Gasteiger partial charge on any atom is 0.262 e. The van der Waals surface area contributed by atoms with Gasteiger partial charge in [-0.2, -0.15) is 0 Å². The van der Waals surface area contributed by atoms with Gasteiger partial charge in [0.25, 0.3) is 15.9 Å². The first kappa shape index (κ1) is 20.4. The van der Waals surface area contributed by atoms with E-state index in [-0.39, 0.29) is 16.4 Å². The number of amides is 1. The molecule has 0 heterocycles. The topological polar surface area (TPSA) is 84.5 Å². The van der Waals surface area contributed by atoms with Crippen molar-refractivity contribution in [3.05, 3.63) is 83.9 Å². The molecule has 3 rings (SSSR count). The van der Waals surface area contributed by atoms with Crippen LogP contribution in [0.5, 0.6) is 5.75 Å². The van der Waals surface area contributed by atoms with Gasteiger partial charge in [0, 0.05) is 11.3 Å². The molecule has 1 amide bonds. The van der Waals surface area contributed by atoms with Crippen molar-refractivity contribution in [2.75, 3.05) is 17.1 Å². The van der Waals surface area contributed by atoms with Gasteiger partial charge in [0.2, 0.25) is 0 Å². The minimum Gasteiger partial charge on any atom is -0.495 e. The Balaban J connectivity index is 1.83. The number of carbonyl (C=O) groups is 1. The summed E-state index contributed by atoms with van der Waals surface area (Å²) in [5.41, 5.74) is 2.32. The van der Waals surface area contributed by atoms with E-state index < -0.39 is 10.0 Å². The number of methoxy groups -OCH3 is 1. The summed E-state index contributed by atoms with van der Waals surface area (Å²) in [6.07, 6.45) is 0.853. The summed E-state index contributed by atoms with van der Waals surface area (Å²) in [7, 11) is -2.43. The highest BCUT2D eigenvalue weighted by Gasteiger charge is 2.18. The predicted octanol–water partition coefficient (Wildman–Crippen LogP) is 4.31. The summed E-state index contributed by atoms with van der Waals surface area (Å²) < 4.78 is 33.3. The summed E-state index contributed by atoms with van der Waals surface area (Å²) in [5.74, 6) is 0.0216. The van der Waals surface area contributed by atoms with Crippen LogP contribution in [-0.2, 0) is 16.4 Å². The van der Waals surface area contributed by atoms with Crippen LogP contribution in [0, 0.1) is 0 Å². The van der Waals surface area contributed by atoms with Crippen molar-refractivity contribution in [2.24, 2.45) is 0 Å². The Morgan fingerprint density at radius 3 is 2.48 bits per heavy atom. The molecule has 0 saturated heterocycles. The highest BCUT2D eigenvalue weighted by Crippen LogP contribution is 2.26. The molecule has 0 atom stereocenters. The summed E-state index contributed by atoms with van der Waals surface area (Å²) in [4.78, 5) is 12.6. The molecule has 0 unspecified atom stereocenters. The summed E-state index contributed by atoms with van der Waals surface area (Å²) in [6.45, 7) is 2.03. The molecule has 0 saturated carbocycles. The Morgan fingerprint density at radius 2 is 1.72 bits per heavy atom. The lowest BCUT2D eigenvalue weighted by Gasteiger charge is -2.12. The second-order valence-corrected chi connectivity index (χ2v) is 8.02. The first-order valence-electron chi connectivity index (χ1n) is 9.09. The van der Waals surface area contributed by atoms with Gasteiger partial charge in [0.1, 0.15) is 5.75 Å². The zero-order chi connectivity index (χ0) is 20.9. The van der Waals surface area contributed by atoms with Crippen LogP contribution in [0.25, 0.3) is 0 Å². The second-order valence-electron chi connectivity index (χ2n) is 6.34. The molecule has 6 nitrogen and oxygen atoms in total. The van der Waals surface area contributed by atoms with E-state index in [2.05, 4.69) is 10.0 Å². The van der Waals surface area contributed by atoms with Gasteiger partial charge >= 0.3 is 0 Å². The number of carbonyl (C=O) groups excluding carboxylic acids is 1. The van der Waals surface area contributed by atoms with Crippen molar-refractivity contribution in [3.63, 3.8) is 0 Å². The average Bonchev–Trinajstić information content (AvgIpc) is 2.74. The number of anilines is 2. The molecule has 0 fully saturated rings. The molecule has 2 N–H and O–H groups in total. The Morgan fingerprint density at radius 1 is 0.966 bits per heavy atom. The van der Waals surface area contributed by atoms with Gasteiger partial charge in [-0.1, -0.05) is 37.3 Å². The third-order valence-electron chi connectivity index (χ3n) is 4.35. The average molecular weight is 410 g/mol. The van der Waals surface area contributed by atoms with Crippen molar-refractivity contribution in [1.82, 2.24) is 0 Å². The fourth-order valence-corrected chi connectivity index (χ4v) is 3.93. The van der Waals surface area contributed by atoms with Crippen molar-refractivity contribution in [3.8, 4) is 5.75 Å². The lowest BCUT2D eigenvalue weighted by molar-refractivity contribution is 0.102. The number of aryl methyl sites for hydroxylation is 1. The van der Waals surface area contributed by atoms with E-state index in [0.717, 1.165) is 12.0 Å². The van der Waals surface area contributed by atoms with Gasteiger partial charge in [-0.05, 0) is 54.4 Å². The molecule has 29 heavy (non-hydrogen) atoms. The van der Waals surface area contributed by atoms with E-state index in [1.807, 2.05) is 25.1 Å². The van der Waals surface area contributed by atoms with Gasteiger partial charge in [-0.15, -0.1) is 0 Å². The van der Waals surface area contributed by atoms with Crippen LogP contribution < -0.4 is 14.8 Å². The highest BCUT2D eigenvalue weighted by molar-refractivity contribution is 7.92. The van der Waals surface area contributed by atoms with Crippen molar-refractivity contribution in [1.29, 1.82) is 0 Å². The van der Waals surface area contributed by atoms with Crippen LogP contribution in [0.1, 0.15) is 22.8 Å². The number of benzene rings is 3. The van der Waals surface area contributed by atoms with Crippen molar-refractivity contribution >= 4 is 27.3 Å². The van der Waals surface area contributed by atoms with Gasteiger partial charge < -0.3 is 10.1 Å². The van der Waals surface area contributed by atoms with E-state index in [1.54, 1.807) is 36.4 Å². The number of nitrogens with one attached hydrogen (secondary N) is 2. The first-order chi connectivity index (χ1) is 13.9. The number of hydrogen-bond donors (Lipinski definition) is 2. The molecule has 0 bridgehead atoms. The Kier molecular flexibility index (Phi) is 6.19. The normalized spacial score (nSPS) is 11.0. The highest BCUT2D eigenvalue weighted by atomic mass is 32.2. The van der Waals surface area contributed by atoms with E-state index in [9.17, 15) is 13.2 Å². The van der Waals surface area contributed by atoms with Crippen LogP contribution >= 0.6 is 0 Å². The maximum atomic E-state index is 12.8. The summed E-state index contributed by atoms with van der Waals surface area (Å²) in [6, 6.07) is 20.1. The zero-order valence-electron chi connectivity index (χ0n) is 16.2. The standard InChI is InChI=1S/C22H22N2O4S/c1-3-16-8-6-10-18(14-16)23-22(25)17-9-7-11-19(15-17)29(26,27)24-20-12-4-5-13-21(20)28-2/h4-15,24H,3H2,1-2H3,(H,23,25). The molecule has 0 aromatic heterocycles. The monoisotopic (exact) mass is 410 g/mol. The van der Waals surface area contributed by atoms with Crippen LogP contribution in [0.3, 0.4) is 0 Å². The third kappa shape index (κ3) is 4.94. The van der Waals surface area contributed by atoms with E-state index in [1.165, 1.54) is 25.3 Å². The van der Waals surface area contributed by atoms with Crippen molar-refractivity contribution < 1.29 is 17.9 Å². The molecular weight excluding hydrogens is 388 g/mol. The van der Waals surface area contributed by atoms with Crippen LogP contribution in [-0.4, -0.2) is 21.4 Å². The quantitative estimate of drug-likeness (QED) is 0.608. The lowest BCUT2D eigenvalue weighted by Crippen LogP contribution is -2.16. The summed E-state index contributed by atoms with van der Waals surface area (Å²) >= 11 is 0. The number of rotatable bonds is 7. The molecule has 0 aliphatic heterocycles. The van der Waals surface area contributed by atoms with Crippen LogP contribution in [0.4, 0.5) is 11.4 Å². The number of hydrogen-bond acceptors (Lipinski definition) is 4. The lowest BCUT2D eigenvalue weighted by atomic mass is 10.1.